The second-order valence-corrected chi connectivity index (χ2v) is 5.89. The molecule has 3 atom stereocenters. The average Bonchev–Trinajstić information content (AvgIpc) is 2.81. The second-order valence-electron chi connectivity index (χ2n) is 4.68. The number of carbonyl (C=O) groups is 1. The van der Waals surface area contributed by atoms with Gasteiger partial charge in [-0.2, -0.15) is 0 Å². The summed E-state index contributed by atoms with van der Waals surface area (Å²) in [7, 11) is 0. The Morgan fingerprint density at radius 2 is 2.25 bits per heavy atom. The summed E-state index contributed by atoms with van der Waals surface area (Å²) in [6.45, 7) is 1.97. The molecule has 2 aliphatic heterocycles. The van der Waals surface area contributed by atoms with Crippen LogP contribution in [-0.2, 0) is 14.3 Å². The van der Waals surface area contributed by atoms with Crippen LogP contribution in [0.15, 0.2) is 11.2 Å². The summed E-state index contributed by atoms with van der Waals surface area (Å²) in [5, 5.41) is 0.0422. The first-order valence-electron chi connectivity index (χ1n) is 6.13. The van der Waals surface area contributed by atoms with Crippen molar-refractivity contribution in [3.8, 4) is 0 Å². The number of Topliss-reactive ketones (excluding diaryl/α,β-unsaturated/α-hetero) is 1. The molecule has 0 unspecified atom stereocenters. The van der Waals surface area contributed by atoms with Gasteiger partial charge in [-0.25, -0.2) is 18.7 Å². The number of ether oxygens (including phenoxy) is 2. The number of hydrogen-bond acceptors (Lipinski definition) is 6. The first-order valence-corrected chi connectivity index (χ1v) is 7.01. The van der Waals surface area contributed by atoms with Crippen LogP contribution in [0, 0.1) is 6.92 Å². The number of hydrogen-bond donors (Lipinski definition) is 0. The number of thioether (sulfide) groups is 1. The van der Waals surface area contributed by atoms with Gasteiger partial charge in [0.2, 0.25) is 6.29 Å². The van der Waals surface area contributed by atoms with Crippen molar-refractivity contribution in [1.29, 1.82) is 0 Å². The van der Waals surface area contributed by atoms with Gasteiger partial charge in [-0.1, -0.05) is 11.8 Å². The first-order chi connectivity index (χ1) is 9.52. The third-order valence-electron chi connectivity index (χ3n) is 3.12. The summed E-state index contributed by atoms with van der Waals surface area (Å²) in [6, 6.07) is 1.26. The summed E-state index contributed by atoms with van der Waals surface area (Å²) in [4.78, 5) is 19.6. The zero-order valence-corrected chi connectivity index (χ0v) is 11.4. The van der Waals surface area contributed by atoms with Crippen LogP contribution in [0.5, 0.6) is 0 Å². The molecule has 0 spiro atoms. The van der Waals surface area contributed by atoms with Crippen molar-refractivity contribution in [2.75, 3.05) is 6.61 Å². The van der Waals surface area contributed by atoms with Gasteiger partial charge in [-0.05, 0) is 13.0 Å². The van der Waals surface area contributed by atoms with Gasteiger partial charge in [-0.15, -0.1) is 0 Å². The Labute approximate surface area is 118 Å². The lowest BCUT2D eigenvalue weighted by Gasteiger charge is -2.25. The predicted octanol–water partition coefficient (Wildman–Crippen LogP) is 1.90. The maximum atomic E-state index is 12.7. The fraction of sp³-hybridized carbons (Fsp3) is 0.583. The molecular weight excluding hydrogens is 290 g/mol. The number of halogens is 2. The summed E-state index contributed by atoms with van der Waals surface area (Å²) < 4.78 is 36.0. The van der Waals surface area contributed by atoms with E-state index in [1.807, 2.05) is 0 Å². The zero-order chi connectivity index (χ0) is 14.3. The van der Waals surface area contributed by atoms with E-state index in [0.717, 1.165) is 0 Å². The van der Waals surface area contributed by atoms with Crippen LogP contribution in [0.1, 0.15) is 24.2 Å². The molecule has 1 aromatic heterocycles. The number of fused-ring (bicyclic) bond motifs is 2. The third-order valence-corrected chi connectivity index (χ3v) is 4.29. The molecule has 5 nitrogen and oxygen atoms in total. The van der Waals surface area contributed by atoms with E-state index < -0.39 is 12.7 Å². The average molecular weight is 302 g/mol. The summed E-state index contributed by atoms with van der Waals surface area (Å²) in [5.41, 5.74) is 0.171. The molecule has 20 heavy (non-hydrogen) atoms. The van der Waals surface area contributed by atoms with Crippen molar-refractivity contribution in [1.82, 2.24) is 9.97 Å². The predicted molar refractivity (Wildman–Crippen MR) is 65.6 cm³/mol. The SMILES string of the molecule is Cc1cc(C(F)F)nc(S[C@@H]2CC(=O)[C@H]3OC[C@H]2O3)n1. The summed E-state index contributed by atoms with van der Waals surface area (Å²) >= 11 is 1.19. The van der Waals surface area contributed by atoms with Crippen LogP contribution in [0.3, 0.4) is 0 Å². The van der Waals surface area contributed by atoms with Crippen molar-refractivity contribution in [2.24, 2.45) is 0 Å². The molecule has 2 fully saturated rings. The van der Waals surface area contributed by atoms with E-state index in [0.29, 0.717) is 12.3 Å². The Hall–Kier alpha value is -1.12. The quantitative estimate of drug-likeness (QED) is 0.795. The molecule has 2 bridgehead atoms. The summed E-state index contributed by atoms with van der Waals surface area (Å²) in [6.07, 6.45) is -3.34. The summed E-state index contributed by atoms with van der Waals surface area (Å²) in [5.74, 6) is -0.127. The van der Waals surface area contributed by atoms with E-state index in [1.165, 1.54) is 17.8 Å². The minimum Gasteiger partial charge on any atom is -0.343 e. The Balaban J connectivity index is 1.79. The highest BCUT2D eigenvalue weighted by molar-refractivity contribution is 7.99. The van der Waals surface area contributed by atoms with Crippen LogP contribution in [-0.4, -0.2) is 40.0 Å². The van der Waals surface area contributed by atoms with Crippen LogP contribution in [0.2, 0.25) is 0 Å². The lowest BCUT2D eigenvalue weighted by atomic mass is 10.1. The van der Waals surface area contributed by atoms with Crippen molar-refractivity contribution in [3.05, 3.63) is 17.5 Å². The minimum atomic E-state index is -2.64. The normalized spacial score (nSPS) is 29.2. The standard InChI is InChI=1S/C12H12F2N2O3S/c1-5-2-6(10(13)14)16-12(15-5)20-9-3-7(17)11-18-4-8(9)19-11/h2,8-11H,3-4H2,1H3/t8-,9-,11+/m1/s1. The monoisotopic (exact) mass is 302 g/mol. The van der Waals surface area contributed by atoms with Crippen LogP contribution < -0.4 is 0 Å². The third kappa shape index (κ3) is 2.68. The molecule has 1 aromatic rings. The Morgan fingerprint density at radius 3 is 3.00 bits per heavy atom. The highest BCUT2D eigenvalue weighted by Crippen LogP contribution is 2.35. The van der Waals surface area contributed by atoms with Crippen molar-refractivity contribution >= 4 is 17.5 Å². The molecule has 108 valence electrons. The number of nitrogens with zero attached hydrogens (tertiary/aromatic N) is 2. The van der Waals surface area contributed by atoms with Crippen molar-refractivity contribution in [3.63, 3.8) is 0 Å². The molecule has 0 radical (unpaired) electrons. The van der Waals surface area contributed by atoms with Gasteiger partial charge in [0.15, 0.2) is 10.9 Å². The number of aromatic nitrogens is 2. The minimum absolute atomic E-state index is 0.127. The van der Waals surface area contributed by atoms with E-state index in [1.54, 1.807) is 6.92 Å². The molecule has 3 rings (SSSR count). The number of alkyl halides is 2. The zero-order valence-electron chi connectivity index (χ0n) is 10.6. The number of ketones is 1. The lowest BCUT2D eigenvalue weighted by Crippen LogP contribution is -2.37. The smallest absolute Gasteiger partial charge is 0.280 e. The van der Waals surface area contributed by atoms with E-state index in [-0.39, 0.29) is 34.4 Å². The Bertz CT molecular complexity index is 543. The van der Waals surface area contributed by atoms with E-state index in [2.05, 4.69) is 9.97 Å². The van der Waals surface area contributed by atoms with Crippen molar-refractivity contribution in [2.45, 2.75) is 42.6 Å². The fourth-order valence-corrected chi connectivity index (χ4v) is 3.36. The highest BCUT2D eigenvalue weighted by Gasteiger charge is 2.43. The van der Waals surface area contributed by atoms with Gasteiger partial charge >= 0.3 is 0 Å². The van der Waals surface area contributed by atoms with E-state index >= 15 is 0 Å². The van der Waals surface area contributed by atoms with Crippen LogP contribution in [0.4, 0.5) is 8.78 Å². The maximum absolute atomic E-state index is 12.7. The molecule has 0 saturated carbocycles. The molecule has 0 aromatic carbocycles. The first kappa shape index (κ1) is 13.8. The van der Waals surface area contributed by atoms with Gasteiger partial charge < -0.3 is 9.47 Å². The molecule has 8 heteroatoms. The maximum Gasteiger partial charge on any atom is 0.280 e. The molecule has 0 N–H and O–H groups in total. The van der Waals surface area contributed by atoms with Gasteiger partial charge in [0, 0.05) is 17.4 Å². The number of carbonyl (C=O) groups excluding carboxylic acids is 1. The van der Waals surface area contributed by atoms with Gasteiger partial charge in [-0.3, -0.25) is 4.79 Å². The van der Waals surface area contributed by atoms with Crippen LogP contribution >= 0.6 is 11.8 Å². The largest absolute Gasteiger partial charge is 0.343 e. The lowest BCUT2D eigenvalue weighted by molar-refractivity contribution is -0.151. The van der Waals surface area contributed by atoms with Gasteiger partial charge in [0.05, 0.1) is 12.7 Å². The topological polar surface area (TPSA) is 61.3 Å². The Kier molecular flexibility index (Phi) is 3.70. The Morgan fingerprint density at radius 1 is 1.45 bits per heavy atom. The van der Waals surface area contributed by atoms with Gasteiger partial charge in [0.25, 0.3) is 6.43 Å². The molecule has 2 aliphatic rings. The molecule has 2 saturated heterocycles. The fourth-order valence-electron chi connectivity index (χ4n) is 2.19. The second kappa shape index (κ2) is 5.34. The van der Waals surface area contributed by atoms with E-state index in [9.17, 15) is 13.6 Å². The molecular formula is C12H12F2N2O3S. The number of aryl methyl sites for hydroxylation is 1. The van der Waals surface area contributed by atoms with Crippen molar-refractivity contribution < 1.29 is 23.0 Å². The van der Waals surface area contributed by atoms with E-state index in [4.69, 9.17) is 9.47 Å². The van der Waals surface area contributed by atoms with Gasteiger partial charge in [0.1, 0.15) is 5.69 Å². The van der Waals surface area contributed by atoms with Crippen LogP contribution in [0.25, 0.3) is 0 Å². The molecule has 0 amide bonds. The molecule has 3 heterocycles. The number of rotatable bonds is 3. The molecule has 0 aliphatic carbocycles. The highest BCUT2D eigenvalue weighted by atomic mass is 32.2.